The van der Waals surface area contributed by atoms with Gasteiger partial charge in [-0.1, -0.05) is 12.1 Å². The van der Waals surface area contributed by atoms with Crippen LogP contribution in [0.15, 0.2) is 47.6 Å². The molecule has 0 radical (unpaired) electrons. The van der Waals surface area contributed by atoms with E-state index in [9.17, 15) is 13.2 Å². The second-order valence-electron chi connectivity index (χ2n) is 4.44. The van der Waals surface area contributed by atoms with E-state index in [1.165, 1.54) is 19.2 Å². The van der Waals surface area contributed by atoms with Crippen LogP contribution in [0.25, 0.3) is 0 Å². The molecule has 0 spiro atoms. The number of esters is 1. The van der Waals surface area contributed by atoms with E-state index in [1.807, 2.05) is 0 Å². The van der Waals surface area contributed by atoms with E-state index in [2.05, 4.69) is 14.4 Å². The van der Waals surface area contributed by atoms with Crippen LogP contribution in [0.2, 0.25) is 0 Å². The number of H-pyrrole nitrogens is 1. The number of nitrogens with one attached hydrogen (secondary N) is 2. The second-order valence-corrected chi connectivity index (χ2v) is 6.21. The lowest BCUT2D eigenvalue weighted by molar-refractivity contribution is -0.139. The van der Waals surface area contributed by atoms with Gasteiger partial charge in [0.25, 0.3) is 0 Å². The number of methoxy groups -OCH3 is 1. The molecule has 112 valence electrons. The molecule has 0 aliphatic rings. The molecule has 0 bridgehead atoms. The first-order valence-corrected chi connectivity index (χ1v) is 7.76. The van der Waals surface area contributed by atoms with E-state index in [0.29, 0.717) is 5.56 Å². The molecule has 0 amide bonds. The van der Waals surface area contributed by atoms with E-state index in [4.69, 9.17) is 0 Å². The summed E-state index contributed by atoms with van der Waals surface area (Å²) in [5.41, 5.74) is 1.55. The lowest BCUT2D eigenvalue weighted by Gasteiger charge is -2.07. The van der Waals surface area contributed by atoms with E-state index in [0.717, 1.165) is 5.56 Å². The van der Waals surface area contributed by atoms with Crippen LogP contribution in [-0.2, 0) is 32.5 Å². The Hall–Kier alpha value is -2.12. The van der Waals surface area contributed by atoms with Gasteiger partial charge in [0.1, 0.15) is 0 Å². The van der Waals surface area contributed by atoms with Crippen molar-refractivity contribution in [3.8, 4) is 0 Å². The number of hydrogen-bond donors (Lipinski definition) is 2. The molecule has 1 aromatic carbocycles. The van der Waals surface area contributed by atoms with Crippen molar-refractivity contribution in [2.45, 2.75) is 17.9 Å². The first-order valence-electron chi connectivity index (χ1n) is 6.28. The zero-order chi connectivity index (χ0) is 15.3. The van der Waals surface area contributed by atoms with Gasteiger partial charge in [-0.05, 0) is 29.3 Å². The Morgan fingerprint density at radius 3 is 2.48 bits per heavy atom. The highest BCUT2D eigenvalue weighted by molar-refractivity contribution is 7.89. The van der Waals surface area contributed by atoms with Gasteiger partial charge in [0, 0.05) is 18.9 Å². The fourth-order valence-electron chi connectivity index (χ4n) is 1.76. The minimum absolute atomic E-state index is 0.119. The smallest absolute Gasteiger partial charge is 0.309 e. The number of aromatic nitrogens is 1. The van der Waals surface area contributed by atoms with E-state index >= 15 is 0 Å². The van der Waals surface area contributed by atoms with Crippen LogP contribution >= 0.6 is 0 Å². The van der Waals surface area contributed by atoms with E-state index in [1.54, 1.807) is 30.6 Å². The summed E-state index contributed by atoms with van der Waals surface area (Å²) in [7, 11) is -2.26. The van der Waals surface area contributed by atoms with Crippen molar-refractivity contribution in [2.75, 3.05) is 7.11 Å². The minimum Gasteiger partial charge on any atom is -0.469 e. The van der Waals surface area contributed by atoms with Gasteiger partial charge in [0.15, 0.2) is 0 Å². The lowest BCUT2D eigenvalue weighted by atomic mass is 10.2. The van der Waals surface area contributed by atoms with Crippen LogP contribution in [0.3, 0.4) is 0 Å². The number of carbonyl (C=O) groups excluding carboxylic acids is 1. The maximum Gasteiger partial charge on any atom is 0.309 e. The third kappa shape index (κ3) is 4.17. The SMILES string of the molecule is COC(=O)Cc1ccc(S(=O)(=O)NCc2cc[nH]c2)cc1. The molecule has 0 fully saturated rings. The largest absolute Gasteiger partial charge is 0.469 e. The molecule has 0 aliphatic heterocycles. The summed E-state index contributed by atoms with van der Waals surface area (Å²) in [5, 5.41) is 0. The molecule has 2 N–H and O–H groups in total. The molecule has 1 aromatic heterocycles. The highest BCUT2D eigenvalue weighted by Crippen LogP contribution is 2.12. The average Bonchev–Trinajstić information content (AvgIpc) is 2.99. The van der Waals surface area contributed by atoms with Crippen molar-refractivity contribution in [1.82, 2.24) is 9.71 Å². The molecule has 0 saturated heterocycles. The summed E-state index contributed by atoms with van der Waals surface area (Å²) < 4.78 is 31.3. The first-order chi connectivity index (χ1) is 10.0. The molecule has 0 aliphatic carbocycles. The molecule has 2 rings (SSSR count). The van der Waals surface area contributed by atoms with Crippen molar-refractivity contribution in [3.05, 3.63) is 53.9 Å². The average molecular weight is 308 g/mol. The van der Waals surface area contributed by atoms with Crippen LogP contribution in [0.4, 0.5) is 0 Å². The van der Waals surface area contributed by atoms with Gasteiger partial charge in [-0.15, -0.1) is 0 Å². The van der Waals surface area contributed by atoms with Crippen molar-refractivity contribution >= 4 is 16.0 Å². The lowest BCUT2D eigenvalue weighted by Crippen LogP contribution is -2.23. The second kappa shape index (κ2) is 6.55. The Labute approximate surface area is 123 Å². The Bertz CT molecular complexity index is 691. The number of rotatable bonds is 6. The Balaban J connectivity index is 2.04. The summed E-state index contributed by atoms with van der Waals surface area (Å²) >= 11 is 0. The van der Waals surface area contributed by atoms with Gasteiger partial charge >= 0.3 is 5.97 Å². The first kappa shape index (κ1) is 15.3. The maximum atomic E-state index is 12.1. The molecule has 2 aromatic rings. The van der Waals surface area contributed by atoms with Gasteiger partial charge in [-0.3, -0.25) is 4.79 Å². The number of carbonyl (C=O) groups is 1. The van der Waals surface area contributed by atoms with Crippen molar-refractivity contribution in [2.24, 2.45) is 0 Å². The molecule has 0 atom stereocenters. The number of hydrogen-bond acceptors (Lipinski definition) is 4. The van der Waals surface area contributed by atoms with Crippen molar-refractivity contribution in [3.63, 3.8) is 0 Å². The van der Waals surface area contributed by atoms with Crippen LogP contribution in [0.5, 0.6) is 0 Å². The Kier molecular flexibility index (Phi) is 4.77. The number of ether oxygens (including phenoxy) is 1. The van der Waals surface area contributed by atoms with Crippen LogP contribution < -0.4 is 4.72 Å². The highest BCUT2D eigenvalue weighted by Gasteiger charge is 2.14. The Morgan fingerprint density at radius 2 is 1.90 bits per heavy atom. The molecule has 7 heteroatoms. The van der Waals surface area contributed by atoms with Crippen molar-refractivity contribution < 1.29 is 17.9 Å². The maximum absolute atomic E-state index is 12.1. The van der Waals surface area contributed by atoms with Gasteiger partial charge in [0.2, 0.25) is 10.0 Å². The fraction of sp³-hybridized carbons (Fsp3) is 0.214. The monoisotopic (exact) mass is 308 g/mol. The van der Waals surface area contributed by atoms with Crippen LogP contribution in [0.1, 0.15) is 11.1 Å². The van der Waals surface area contributed by atoms with Gasteiger partial charge < -0.3 is 9.72 Å². The number of aromatic amines is 1. The zero-order valence-electron chi connectivity index (χ0n) is 11.5. The van der Waals surface area contributed by atoms with E-state index in [-0.39, 0.29) is 23.8 Å². The molecule has 21 heavy (non-hydrogen) atoms. The zero-order valence-corrected chi connectivity index (χ0v) is 12.3. The molecular weight excluding hydrogens is 292 g/mol. The molecule has 6 nitrogen and oxygen atoms in total. The summed E-state index contributed by atoms with van der Waals surface area (Å²) in [6, 6.07) is 7.93. The third-order valence-corrected chi connectivity index (χ3v) is 4.36. The predicted molar refractivity (Wildman–Crippen MR) is 77.0 cm³/mol. The summed E-state index contributed by atoms with van der Waals surface area (Å²) in [5.74, 6) is -0.365. The van der Waals surface area contributed by atoms with Gasteiger partial charge in [-0.2, -0.15) is 0 Å². The van der Waals surface area contributed by atoms with Crippen molar-refractivity contribution in [1.29, 1.82) is 0 Å². The molecular formula is C14H16N2O4S. The Morgan fingerprint density at radius 1 is 1.19 bits per heavy atom. The van der Waals surface area contributed by atoms with Crippen LogP contribution in [0, 0.1) is 0 Å². The summed E-state index contributed by atoms with van der Waals surface area (Å²) in [4.78, 5) is 14.2. The van der Waals surface area contributed by atoms with Gasteiger partial charge in [-0.25, -0.2) is 13.1 Å². The minimum atomic E-state index is -3.57. The normalized spacial score (nSPS) is 11.3. The summed E-state index contributed by atoms with van der Waals surface area (Å²) in [6.45, 7) is 0.218. The fourth-order valence-corrected chi connectivity index (χ4v) is 2.77. The molecule has 0 unspecified atom stereocenters. The summed E-state index contributed by atoms with van der Waals surface area (Å²) in [6.07, 6.45) is 3.57. The number of sulfonamides is 1. The quantitative estimate of drug-likeness (QED) is 0.785. The highest BCUT2D eigenvalue weighted by atomic mass is 32.2. The molecule has 1 heterocycles. The molecule has 0 saturated carbocycles. The standard InChI is InChI=1S/C14H16N2O4S/c1-20-14(17)8-11-2-4-13(5-3-11)21(18,19)16-10-12-6-7-15-9-12/h2-7,9,15-16H,8,10H2,1H3. The van der Waals surface area contributed by atoms with Gasteiger partial charge in [0.05, 0.1) is 18.4 Å². The topological polar surface area (TPSA) is 88.3 Å². The van der Waals surface area contributed by atoms with E-state index < -0.39 is 10.0 Å². The third-order valence-electron chi connectivity index (χ3n) is 2.94. The number of benzene rings is 1. The van der Waals surface area contributed by atoms with Crippen LogP contribution in [-0.4, -0.2) is 26.5 Å². The predicted octanol–water partition coefficient (Wildman–Crippen LogP) is 1.21.